The molecule has 2 saturated carbocycles. The van der Waals surface area contributed by atoms with Crippen molar-refractivity contribution in [2.75, 3.05) is 38.2 Å². The van der Waals surface area contributed by atoms with E-state index >= 15 is 0 Å². The first kappa shape index (κ1) is 26.3. The molecule has 7 heteroatoms. The van der Waals surface area contributed by atoms with Gasteiger partial charge in [-0.25, -0.2) is 9.97 Å². The Labute approximate surface area is 212 Å². The van der Waals surface area contributed by atoms with Crippen LogP contribution in [0, 0.1) is 5.92 Å². The lowest BCUT2D eigenvalue weighted by molar-refractivity contribution is -0.119. The number of hydrogen-bond donors (Lipinski definition) is 1. The highest BCUT2D eigenvalue weighted by molar-refractivity contribution is 5.73. The largest absolute Gasteiger partial charge is 0.381 e. The van der Waals surface area contributed by atoms with Crippen LogP contribution in [0.5, 0.6) is 0 Å². The molecule has 0 spiro atoms. The van der Waals surface area contributed by atoms with Gasteiger partial charge in [-0.15, -0.1) is 0 Å². The predicted molar refractivity (Wildman–Crippen MR) is 141 cm³/mol. The fourth-order valence-corrected chi connectivity index (χ4v) is 5.93. The van der Waals surface area contributed by atoms with E-state index in [1.165, 1.54) is 31.5 Å². The van der Waals surface area contributed by atoms with Crippen LogP contribution in [-0.2, 0) is 14.9 Å². The summed E-state index contributed by atoms with van der Waals surface area (Å²) in [7, 11) is 1.81. The zero-order chi connectivity index (χ0) is 25.2. The Morgan fingerprint density at radius 2 is 1.86 bits per heavy atom. The SMILES string of the molecule is COC1CC(c2cc(N3CCN(CCC4CCC(NC(C)=O)CC4)C(C)C3)nc(C(C)(C)C)n2)C1. The first-order valence-corrected chi connectivity index (χ1v) is 13.8. The smallest absolute Gasteiger partial charge is 0.217 e. The summed E-state index contributed by atoms with van der Waals surface area (Å²) in [5.41, 5.74) is 1.12. The summed E-state index contributed by atoms with van der Waals surface area (Å²) in [4.78, 5) is 26.5. The zero-order valence-electron chi connectivity index (χ0n) is 22.8. The van der Waals surface area contributed by atoms with Crippen molar-refractivity contribution in [3.8, 4) is 0 Å². The van der Waals surface area contributed by atoms with E-state index in [2.05, 4.69) is 48.9 Å². The van der Waals surface area contributed by atoms with Gasteiger partial charge in [0.15, 0.2) is 0 Å². The molecule has 35 heavy (non-hydrogen) atoms. The molecule has 1 unspecified atom stereocenters. The molecular formula is C28H47N5O2. The minimum absolute atomic E-state index is 0.0679. The number of piperazine rings is 1. The Balaban J connectivity index is 1.33. The van der Waals surface area contributed by atoms with Gasteiger partial charge in [0.1, 0.15) is 11.6 Å². The molecule has 1 N–H and O–H groups in total. The van der Waals surface area contributed by atoms with Crippen molar-refractivity contribution in [3.63, 3.8) is 0 Å². The lowest BCUT2D eigenvalue weighted by Gasteiger charge is -2.42. The Kier molecular flexibility index (Phi) is 8.37. The van der Waals surface area contributed by atoms with Crippen molar-refractivity contribution in [2.45, 2.75) is 109 Å². The maximum Gasteiger partial charge on any atom is 0.217 e. The van der Waals surface area contributed by atoms with Crippen LogP contribution >= 0.6 is 0 Å². The van der Waals surface area contributed by atoms with Crippen molar-refractivity contribution >= 4 is 11.7 Å². The fraction of sp³-hybridized carbons (Fsp3) is 0.821. The highest BCUT2D eigenvalue weighted by atomic mass is 16.5. The van der Waals surface area contributed by atoms with Gasteiger partial charge in [-0.05, 0) is 64.3 Å². The van der Waals surface area contributed by atoms with Gasteiger partial charge in [0.25, 0.3) is 0 Å². The van der Waals surface area contributed by atoms with Gasteiger partial charge in [0, 0.05) is 68.8 Å². The van der Waals surface area contributed by atoms with E-state index in [0.717, 1.165) is 62.9 Å². The van der Waals surface area contributed by atoms with E-state index < -0.39 is 0 Å². The van der Waals surface area contributed by atoms with E-state index in [-0.39, 0.29) is 11.3 Å². The van der Waals surface area contributed by atoms with Gasteiger partial charge in [-0.1, -0.05) is 20.8 Å². The van der Waals surface area contributed by atoms with Crippen LogP contribution in [0.4, 0.5) is 5.82 Å². The van der Waals surface area contributed by atoms with Crippen LogP contribution in [0.3, 0.4) is 0 Å². The number of carbonyl (C=O) groups excluding carboxylic acids is 1. The summed E-state index contributed by atoms with van der Waals surface area (Å²) in [5, 5.41) is 3.10. The molecule has 3 fully saturated rings. The molecule has 3 aliphatic rings. The lowest BCUT2D eigenvalue weighted by atomic mass is 9.79. The van der Waals surface area contributed by atoms with Gasteiger partial charge in [-0.3, -0.25) is 9.69 Å². The fourth-order valence-electron chi connectivity index (χ4n) is 5.93. The van der Waals surface area contributed by atoms with Gasteiger partial charge in [0.05, 0.1) is 6.10 Å². The Bertz CT molecular complexity index is 855. The molecule has 1 aromatic heterocycles. The zero-order valence-corrected chi connectivity index (χ0v) is 22.8. The molecule has 7 nitrogen and oxygen atoms in total. The van der Waals surface area contributed by atoms with Crippen molar-refractivity contribution in [2.24, 2.45) is 5.92 Å². The molecule has 1 saturated heterocycles. The molecule has 4 rings (SSSR count). The monoisotopic (exact) mass is 485 g/mol. The normalized spacial score (nSPS) is 30.1. The van der Waals surface area contributed by atoms with Crippen LogP contribution in [0.1, 0.15) is 97.0 Å². The van der Waals surface area contributed by atoms with Gasteiger partial charge in [0.2, 0.25) is 5.91 Å². The van der Waals surface area contributed by atoms with Gasteiger partial charge >= 0.3 is 0 Å². The second-order valence-electron chi connectivity index (χ2n) is 12.3. The number of ether oxygens (including phenoxy) is 1. The molecule has 1 aliphatic heterocycles. The molecule has 1 amide bonds. The predicted octanol–water partition coefficient (Wildman–Crippen LogP) is 4.26. The summed E-state index contributed by atoms with van der Waals surface area (Å²) in [5.74, 6) is 3.45. The van der Waals surface area contributed by atoms with Crippen LogP contribution in [-0.4, -0.2) is 72.3 Å². The molecule has 0 aromatic carbocycles. The average Bonchev–Trinajstić information content (AvgIpc) is 2.77. The number of anilines is 1. The van der Waals surface area contributed by atoms with E-state index in [1.807, 2.05) is 7.11 Å². The van der Waals surface area contributed by atoms with E-state index in [0.29, 0.717) is 24.1 Å². The minimum Gasteiger partial charge on any atom is -0.381 e. The van der Waals surface area contributed by atoms with Crippen LogP contribution < -0.4 is 10.2 Å². The number of carbonyl (C=O) groups is 1. The first-order chi connectivity index (χ1) is 16.6. The van der Waals surface area contributed by atoms with Crippen LogP contribution in [0.15, 0.2) is 6.07 Å². The van der Waals surface area contributed by atoms with Crippen molar-refractivity contribution in [3.05, 3.63) is 17.6 Å². The summed E-state index contributed by atoms with van der Waals surface area (Å²) < 4.78 is 5.52. The number of rotatable bonds is 7. The van der Waals surface area contributed by atoms with Gasteiger partial charge < -0.3 is 15.0 Å². The molecular weight excluding hydrogens is 438 g/mol. The number of nitrogens with zero attached hydrogens (tertiary/aromatic N) is 4. The molecule has 1 atom stereocenters. The molecule has 0 radical (unpaired) electrons. The Morgan fingerprint density at radius 1 is 1.14 bits per heavy atom. The lowest BCUT2D eigenvalue weighted by Crippen LogP contribution is -2.52. The highest BCUT2D eigenvalue weighted by Crippen LogP contribution is 2.39. The van der Waals surface area contributed by atoms with Crippen molar-refractivity contribution in [1.82, 2.24) is 20.2 Å². The number of nitrogens with one attached hydrogen (secondary N) is 1. The first-order valence-electron chi connectivity index (χ1n) is 13.8. The molecule has 2 heterocycles. The number of methoxy groups -OCH3 is 1. The second kappa shape index (κ2) is 11.1. The van der Waals surface area contributed by atoms with E-state index in [1.54, 1.807) is 6.92 Å². The summed E-state index contributed by atoms with van der Waals surface area (Å²) in [6.07, 6.45) is 8.51. The van der Waals surface area contributed by atoms with E-state index in [9.17, 15) is 4.79 Å². The third-order valence-electron chi connectivity index (χ3n) is 8.42. The number of hydrogen-bond acceptors (Lipinski definition) is 6. The molecule has 0 bridgehead atoms. The van der Waals surface area contributed by atoms with Gasteiger partial charge in [-0.2, -0.15) is 0 Å². The van der Waals surface area contributed by atoms with Crippen LogP contribution in [0.25, 0.3) is 0 Å². The number of amides is 1. The second-order valence-corrected chi connectivity index (χ2v) is 12.3. The maximum absolute atomic E-state index is 11.3. The van der Waals surface area contributed by atoms with Crippen LogP contribution in [0.2, 0.25) is 0 Å². The van der Waals surface area contributed by atoms with E-state index in [4.69, 9.17) is 14.7 Å². The quantitative estimate of drug-likeness (QED) is 0.622. The maximum atomic E-state index is 11.3. The molecule has 2 aliphatic carbocycles. The summed E-state index contributed by atoms with van der Waals surface area (Å²) >= 11 is 0. The Morgan fingerprint density at radius 3 is 2.46 bits per heavy atom. The minimum atomic E-state index is -0.0679. The topological polar surface area (TPSA) is 70.6 Å². The average molecular weight is 486 g/mol. The summed E-state index contributed by atoms with van der Waals surface area (Å²) in [6.45, 7) is 14.9. The number of aromatic nitrogens is 2. The third kappa shape index (κ3) is 6.73. The highest BCUT2D eigenvalue weighted by Gasteiger charge is 2.34. The standard InChI is InChI=1S/C28H47N5O2/c1-19-18-33(14-13-32(19)12-11-21-7-9-23(10-8-21)29-20(2)34)26-17-25(22-15-24(16-22)35-6)30-27(31-26)28(3,4)5/h17,19,21-24H,7-16,18H2,1-6H3,(H,29,34). The Hall–Kier alpha value is -1.73. The molecule has 196 valence electrons. The third-order valence-corrected chi connectivity index (χ3v) is 8.42. The molecule has 1 aromatic rings. The van der Waals surface area contributed by atoms with Crippen molar-refractivity contribution < 1.29 is 9.53 Å². The van der Waals surface area contributed by atoms with Crippen molar-refractivity contribution in [1.29, 1.82) is 0 Å². The summed E-state index contributed by atoms with van der Waals surface area (Å²) in [6, 6.07) is 3.15.